The molecule has 11 nitrogen and oxygen atoms in total. The second-order valence-corrected chi connectivity index (χ2v) is 22.9. The summed E-state index contributed by atoms with van der Waals surface area (Å²) in [4.78, 5) is 13.2. The Hall–Kier alpha value is -0.890. The smallest absolute Gasteiger partial charge is 0.249 e. The number of aliphatic hydroxyl groups is 7. The number of nitrogens with one attached hydrogen (secondary N) is 1. The first kappa shape index (κ1) is 70.1. The summed E-state index contributed by atoms with van der Waals surface area (Å²) >= 11 is 0. The molecule has 0 spiro atoms. The fourth-order valence-corrected chi connectivity index (χ4v) is 10.7. The molecule has 436 valence electrons. The fourth-order valence-electron chi connectivity index (χ4n) is 10.7. The van der Waals surface area contributed by atoms with Crippen LogP contribution in [0.15, 0.2) is 0 Å². The van der Waals surface area contributed by atoms with Crippen LogP contribution in [0.5, 0.6) is 0 Å². The van der Waals surface area contributed by atoms with Gasteiger partial charge in [0.25, 0.3) is 0 Å². The van der Waals surface area contributed by atoms with Gasteiger partial charge in [0.2, 0.25) is 5.91 Å². The molecule has 0 aliphatic carbocycles. The summed E-state index contributed by atoms with van der Waals surface area (Å²) in [5.41, 5.74) is 0. The molecule has 1 heterocycles. The molecule has 0 radical (unpaired) electrons. The van der Waals surface area contributed by atoms with E-state index in [1.54, 1.807) is 0 Å². The van der Waals surface area contributed by atoms with Gasteiger partial charge in [-0.1, -0.05) is 309 Å². The zero-order valence-electron chi connectivity index (χ0n) is 47.9. The molecule has 9 unspecified atom stereocenters. The van der Waals surface area contributed by atoms with Crippen LogP contribution < -0.4 is 5.32 Å². The molecular formula is C62H123NO10. The van der Waals surface area contributed by atoms with Crippen molar-refractivity contribution in [2.75, 3.05) is 13.2 Å². The lowest BCUT2D eigenvalue weighted by atomic mass is 9.98. The van der Waals surface area contributed by atoms with E-state index in [0.29, 0.717) is 19.3 Å². The number of ether oxygens (including phenoxy) is 2. The molecule has 0 aromatic carbocycles. The maximum atomic E-state index is 13.2. The van der Waals surface area contributed by atoms with Crippen molar-refractivity contribution < 1.29 is 50.0 Å². The summed E-state index contributed by atoms with van der Waals surface area (Å²) < 4.78 is 11.2. The lowest BCUT2D eigenvalue weighted by Crippen LogP contribution is -2.60. The predicted octanol–water partition coefficient (Wildman–Crippen LogP) is 14.1. The minimum absolute atomic E-state index is 0.267. The van der Waals surface area contributed by atoms with E-state index in [9.17, 15) is 40.5 Å². The van der Waals surface area contributed by atoms with Crippen LogP contribution in [0.25, 0.3) is 0 Å². The highest BCUT2D eigenvalue weighted by atomic mass is 16.7. The summed E-state index contributed by atoms with van der Waals surface area (Å²) in [5, 5.41) is 76.2. The Balaban J connectivity index is 2.19. The minimum atomic E-state index is -1.66. The Kier molecular flexibility index (Phi) is 49.8. The molecule has 0 bridgehead atoms. The van der Waals surface area contributed by atoms with E-state index in [-0.39, 0.29) is 6.42 Å². The lowest BCUT2D eigenvalue weighted by Gasteiger charge is -2.40. The topological polar surface area (TPSA) is 189 Å². The molecule has 0 aromatic rings. The van der Waals surface area contributed by atoms with E-state index in [4.69, 9.17) is 9.47 Å². The van der Waals surface area contributed by atoms with Gasteiger partial charge >= 0.3 is 0 Å². The zero-order valence-corrected chi connectivity index (χ0v) is 47.9. The summed E-state index contributed by atoms with van der Waals surface area (Å²) in [5.74, 6) is -0.690. The molecule has 11 heteroatoms. The van der Waals surface area contributed by atoms with E-state index in [2.05, 4.69) is 19.2 Å². The van der Waals surface area contributed by atoms with Crippen molar-refractivity contribution in [3.63, 3.8) is 0 Å². The number of hydrogen-bond acceptors (Lipinski definition) is 10. The number of aliphatic hydroxyl groups excluding tert-OH is 7. The third-order valence-corrected chi connectivity index (χ3v) is 15.9. The SMILES string of the molecule is CCCCCCCCCCCCCCCCCCCCCCCCCCCCCCCCCC(O)C(O)C(COC1OC(CO)C(O)C(O)C1O)NC(=O)C(O)CCCCCCCCCCCCCCCCC. The predicted molar refractivity (Wildman–Crippen MR) is 303 cm³/mol. The third-order valence-electron chi connectivity index (χ3n) is 15.9. The molecule has 1 saturated heterocycles. The molecule has 1 amide bonds. The maximum Gasteiger partial charge on any atom is 0.249 e. The van der Waals surface area contributed by atoms with Crippen LogP contribution in [0.1, 0.15) is 322 Å². The van der Waals surface area contributed by atoms with Gasteiger partial charge in [-0.25, -0.2) is 0 Å². The van der Waals surface area contributed by atoms with E-state index in [1.807, 2.05) is 0 Å². The summed E-state index contributed by atoms with van der Waals surface area (Å²) in [6.45, 7) is 3.50. The zero-order chi connectivity index (χ0) is 53.3. The van der Waals surface area contributed by atoms with Crippen LogP contribution in [0, 0.1) is 0 Å². The van der Waals surface area contributed by atoms with E-state index in [0.717, 1.165) is 38.5 Å². The highest BCUT2D eigenvalue weighted by Gasteiger charge is 2.44. The Morgan fingerprint density at radius 1 is 0.425 bits per heavy atom. The van der Waals surface area contributed by atoms with Crippen molar-refractivity contribution >= 4 is 5.91 Å². The number of carbonyl (C=O) groups is 1. The maximum absolute atomic E-state index is 13.2. The summed E-state index contributed by atoms with van der Waals surface area (Å²) in [7, 11) is 0. The van der Waals surface area contributed by atoms with Gasteiger partial charge < -0.3 is 50.5 Å². The van der Waals surface area contributed by atoms with Crippen LogP contribution in [-0.2, 0) is 14.3 Å². The van der Waals surface area contributed by atoms with Crippen LogP contribution in [0.4, 0.5) is 0 Å². The standard InChI is InChI=1S/C62H123NO10/c1-3-5-7-9-11-13-15-17-19-20-21-22-23-24-25-26-27-28-29-30-31-32-33-34-36-37-39-41-43-45-47-49-54(65)57(67)53(52-72-62-60(70)59(69)58(68)56(51-64)73-62)63-61(71)55(66)50-48-46-44-42-40-38-35-18-16-14-12-10-8-6-4-2/h53-60,62,64-70H,3-52H2,1-2H3,(H,63,71). The van der Waals surface area contributed by atoms with Crippen molar-refractivity contribution in [3.05, 3.63) is 0 Å². The van der Waals surface area contributed by atoms with Gasteiger partial charge in [-0.2, -0.15) is 0 Å². The van der Waals surface area contributed by atoms with Crippen molar-refractivity contribution in [2.24, 2.45) is 0 Å². The normalized spacial score (nSPS) is 19.8. The highest BCUT2D eigenvalue weighted by molar-refractivity contribution is 5.80. The molecule has 1 rings (SSSR count). The van der Waals surface area contributed by atoms with Gasteiger partial charge in [-0.15, -0.1) is 0 Å². The number of amides is 1. The van der Waals surface area contributed by atoms with E-state index < -0.39 is 74.2 Å². The number of rotatable bonds is 56. The number of hydrogen-bond donors (Lipinski definition) is 8. The second-order valence-electron chi connectivity index (χ2n) is 22.9. The van der Waals surface area contributed by atoms with Crippen LogP contribution in [0.3, 0.4) is 0 Å². The van der Waals surface area contributed by atoms with Gasteiger partial charge in [0.15, 0.2) is 6.29 Å². The van der Waals surface area contributed by atoms with Crippen molar-refractivity contribution in [1.82, 2.24) is 5.32 Å². The van der Waals surface area contributed by atoms with E-state index in [1.165, 1.54) is 244 Å². The van der Waals surface area contributed by atoms with Gasteiger partial charge in [0, 0.05) is 0 Å². The number of carbonyl (C=O) groups excluding carboxylic acids is 1. The summed E-state index contributed by atoms with van der Waals surface area (Å²) in [6, 6.07) is -1.16. The Morgan fingerprint density at radius 2 is 0.712 bits per heavy atom. The molecule has 0 saturated carbocycles. The Labute approximate surface area is 449 Å². The van der Waals surface area contributed by atoms with E-state index >= 15 is 0 Å². The molecule has 1 aliphatic rings. The molecule has 8 N–H and O–H groups in total. The van der Waals surface area contributed by atoms with Crippen molar-refractivity contribution in [1.29, 1.82) is 0 Å². The van der Waals surface area contributed by atoms with Crippen LogP contribution in [0.2, 0.25) is 0 Å². The Morgan fingerprint density at radius 3 is 1.01 bits per heavy atom. The highest BCUT2D eigenvalue weighted by Crippen LogP contribution is 2.24. The molecule has 1 aliphatic heterocycles. The first-order valence-corrected chi connectivity index (χ1v) is 31.9. The molecule has 0 aromatic heterocycles. The van der Waals surface area contributed by atoms with Gasteiger partial charge in [-0.05, 0) is 12.8 Å². The van der Waals surface area contributed by atoms with Crippen LogP contribution >= 0.6 is 0 Å². The third kappa shape index (κ3) is 40.0. The average Bonchev–Trinajstić information content (AvgIpc) is 3.39. The molecule has 9 atom stereocenters. The minimum Gasteiger partial charge on any atom is -0.394 e. The fraction of sp³-hybridized carbons (Fsp3) is 0.984. The first-order chi connectivity index (χ1) is 35.7. The van der Waals surface area contributed by atoms with Gasteiger partial charge in [0.05, 0.1) is 25.4 Å². The molecule has 73 heavy (non-hydrogen) atoms. The van der Waals surface area contributed by atoms with Crippen molar-refractivity contribution in [2.45, 2.75) is 377 Å². The van der Waals surface area contributed by atoms with Crippen molar-refractivity contribution in [3.8, 4) is 0 Å². The molecule has 1 fully saturated rings. The number of unbranched alkanes of at least 4 members (excludes halogenated alkanes) is 44. The summed E-state index contributed by atoms with van der Waals surface area (Å²) in [6.07, 6.45) is 48.9. The first-order valence-electron chi connectivity index (χ1n) is 31.9. The van der Waals surface area contributed by atoms with Gasteiger partial charge in [0.1, 0.15) is 36.6 Å². The Bertz CT molecular complexity index is 1150. The quantitative estimate of drug-likeness (QED) is 0.0272. The largest absolute Gasteiger partial charge is 0.394 e. The lowest BCUT2D eigenvalue weighted by molar-refractivity contribution is -0.303. The average molecular weight is 1040 g/mol. The van der Waals surface area contributed by atoms with Crippen LogP contribution in [-0.4, -0.2) is 110 Å². The molecular weight excluding hydrogens is 919 g/mol. The monoisotopic (exact) mass is 1040 g/mol. The van der Waals surface area contributed by atoms with Gasteiger partial charge in [-0.3, -0.25) is 4.79 Å². The second kappa shape index (κ2) is 51.8.